The zero-order chi connectivity index (χ0) is 29.1. The molecule has 0 saturated carbocycles. The Labute approximate surface area is 246 Å². The van der Waals surface area contributed by atoms with Crippen LogP contribution in [0.1, 0.15) is 17.5 Å². The Morgan fingerprint density at radius 3 is 2.50 bits per heavy atom. The van der Waals surface area contributed by atoms with Gasteiger partial charge in [-0.25, -0.2) is 4.98 Å². The van der Waals surface area contributed by atoms with E-state index in [1.165, 1.54) is 0 Å². The van der Waals surface area contributed by atoms with Crippen molar-refractivity contribution >= 4 is 11.8 Å². The molecule has 42 heavy (non-hydrogen) atoms. The third-order valence-electron chi connectivity index (χ3n) is 7.22. The summed E-state index contributed by atoms with van der Waals surface area (Å²) in [7, 11) is 1.62. The fourth-order valence-corrected chi connectivity index (χ4v) is 5.13. The van der Waals surface area contributed by atoms with Crippen molar-refractivity contribution in [3.05, 3.63) is 102 Å². The number of nitrogens with zero attached hydrogens (tertiary/aromatic N) is 3. The van der Waals surface area contributed by atoms with Crippen LogP contribution in [0.25, 0.3) is 11.4 Å². The lowest BCUT2D eigenvalue weighted by molar-refractivity contribution is -0.129. The number of imidazole rings is 1. The Kier molecular flexibility index (Phi) is 9.85. The van der Waals surface area contributed by atoms with Gasteiger partial charge >= 0.3 is 0 Å². The normalized spacial score (nSPS) is 17.1. The molecule has 2 amide bonds. The van der Waals surface area contributed by atoms with Crippen molar-refractivity contribution in [2.45, 2.75) is 32.0 Å². The van der Waals surface area contributed by atoms with Crippen molar-refractivity contribution in [3.63, 3.8) is 0 Å². The van der Waals surface area contributed by atoms with Crippen molar-refractivity contribution in [1.29, 1.82) is 0 Å². The highest BCUT2D eigenvalue weighted by molar-refractivity contribution is 5.88. The number of amides is 2. The van der Waals surface area contributed by atoms with E-state index in [1.807, 2.05) is 89.6 Å². The molecule has 0 radical (unpaired) electrons. The molecule has 1 atom stereocenters. The zero-order valence-corrected chi connectivity index (χ0v) is 23.9. The van der Waals surface area contributed by atoms with Gasteiger partial charge in [0.15, 0.2) is 11.5 Å². The van der Waals surface area contributed by atoms with Gasteiger partial charge < -0.3 is 24.7 Å². The van der Waals surface area contributed by atoms with Crippen LogP contribution in [0.2, 0.25) is 0 Å². The van der Waals surface area contributed by atoms with E-state index in [-0.39, 0.29) is 18.4 Å². The standard InChI is InChI=1S/C33H37N5O4/c1-41-29-14-13-27-22-30(29)42-20-8-17-37(23-26-11-6-3-7-12-26)24-31(39)36-28(21-25-9-4-2-5-10-25)33(40)35-16-19-38-18-15-34-32(27)38/h2-7,9-15,18,22,28H,8,16-17,19-21,23-24H2,1H3,(H,35,40)(H,36,39)/t28-/m0/s1. The summed E-state index contributed by atoms with van der Waals surface area (Å²) >= 11 is 0. The minimum absolute atomic E-state index is 0.157. The average Bonchev–Trinajstić information content (AvgIpc) is 3.48. The molecule has 1 aliphatic rings. The van der Waals surface area contributed by atoms with E-state index in [0.29, 0.717) is 57.1 Å². The number of ether oxygens (including phenoxy) is 2. The van der Waals surface area contributed by atoms with Crippen LogP contribution in [0, 0.1) is 0 Å². The van der Waals surface area contributed by atoms with Gasteiger partial charge in [-0.2, -0.15) is 0 Å². The molecular weight excluding hydrogens is 530 g/mol. The molecule has 218 valence electrons. The first-order chi connectivity index (χ1) is 20.6. The summed E-state index contributed by atoms with van der Waals surface area (Å²) in [6.45, 7) is 2.73. The van der Waals surface area contributed by atoms with Gasteiger partial charge in [0.2, 0.25) is 11.8 Å². The van der Waals surface area contributed by atoms with E-state index in [0.717, 1.165) is 22.5 Å². The first-order valence-electron chi connectivity index (χ1n) is 14.3. The van der Waals surface area contributed by atoms with E-state index in [4.69, 9.17) is 9.47 Å². The molecule has 0 aliphatic carbocycles. The van der Waals surface area contributed by atoms with E-state index < -0.39 is 6.04 Å². The van der Waals surface area contributed by atoms with Crippen LogP contribution in [-0.4, -0.2) is 65.7 Å². The molecule has 1 aromatic heterocycles. The van der Waals surface area contributed by atoms with Crippen LogP contribution in [0.5, 0.6) is 11.5 Å². The number of benzene rings is 3. The quantitative estimate of drug-likeness (QED) is 0.382. The van der Waals surface area contributed by atoms with Crippen molar-refractivity contribution in [1.82, 2.24) is 25.1 Å². The van der Waals surface area contributed by atoms with Gasteiger partial charge in [-0.1, -0.05) is 60.7 Å². The van der Waals surface area contributed by atoms with Gasteiger partial charge in [0.05, 0.1) is 20.3 Å². The predicted octanol–water partition coefficient (Wildman–Crippen LogP) is 3.69. The Bertz CT molecular complexity index is 1460. The lowest BCUT2D eigenvalue weighted by Gasteiger charge is -2.24. The van der Waals surface area contributed by atoms with E-state index in [1.54, 1.807) is 13.3 Å². The molecule has 0 fully saturated rings. The summed E-state index contributed by atoms with van der Waals surface area (Å²) in [4.78, 5) is 33.4. The maximum atomic E-state index is 13.4. The summed E-state index contributed by atoms with van der Waals surface area (Å²) < 4.78 is 13.7. The Hall–Kier alpha value is -4.63. The summed E-state index contributed by atoms with van der Waals surface area (Å²) in [5.41, 5.74) is 2.98. The summed E-state index contributed by atoms with van der Waals surface area (Å²) in [5, 5.41) is 6.03. The Morgan fingerprint density at radius 2 is 1.74 bits per heavy atom. The molecule has 5 rings (SSSR count). The van der Waals surface area contributed by atoms with Crippen molar-refractivity contribution < 1.29 is 19.1 Å². The number of carbonyl (C=O) groups is 2. The fourth-order valence-electron chi connectivity index (χ4n) is 5.13. The fraction of sp³-hybridized carbons (Fsp3) is 0.303. The third-order valence-corrected chi connectivity index (χ3v) is 7.22. The smallest absolute Gasteiger partial charge is 0.242 e. The van der Waals surface area contributed by atoms with Crippen LogP contribution >= 0.6 is 0 Å². The summed E-state index contributed by atoms with van der Waals surface area (Å²) in [5.74, 6) is 1.62. The maximum Gasteiger partial charge on any atom is 0.242 e. The van der Waals surface area contributed by atoms with Crippen molar-refractivity contribution in [2.24, 2.45) is 0 Å². The molecule has 4 aromatic rings. The van der Waals surface area contributed by atoms with Crippen molar-refractivity contribution in [3.8, 4) is 22.9 Å². The second-order valence-electron chi connectivity index (χ2n) is 10.3. The number of hydrogen-bond donors (Lipinski definition) is 2. The molecular formula is C33H37N5O4. The number of methoxy groups -OCH3 is 1. The molecule has 0 spiro atoms. The van der Waals surface area contributed by atoms with Gasteiger partial charge in [-0.15, -0.1) is 0 Å². The largest absolute Gasteiger partial charge is 0.493 e. The number of carbonyl (C=O) groups excluding carboxylic acids is 2. The highest BCUT2D eigenvalue weighted by atomic mass is 16.5. The Balaban J connectivity index is 1.40. The van der Waals surface area contributed by atoms with Crippen LogP contribution in [-0.2, 0) is 29.1 Å². The number of hydrogen-bond acceptors (Lipinski definition) is 6. The predicted molar refractivity (Wildman–Crippen MR) is 161 cm³/mol. The van der Waals surface area contributed by atoms with E-state index >= 15 is 0 Å². The molecule has 2 bridgehead atoms. The zero-order valence-electron chi connectivity index (χ0n) is 23.9. The molecule has 9 nitrogen and oxygen atoms in total. The second-order valence-corrected chi connectivity index (χ2v) is 10.3. The molecule has 3 aromatic carbocycles. The molecule has 2 N–H and O–H groups in total. The molecule has 0 saturated heterocycles. The van der Waals surface area contributed by atoms with Gasteiger partial charge in [0, 0.05) is 50.6 Å². The third kappa shape index (κ3) is 7.76. The van der Waals surface area contributed by atoms with Gasteiger partial charge in [0.1, 0.15) is 11.9 Å². The van der Waals surface area contributed by atoms with E-state index in [2.05, 4.69) is 20.5 Å². The van der Waals surface area contributed by atoms with Crippen LogP contribution in [0.15, 0.2) is 91.3 Å². The summed E-state index contributed by atoms with van der Waals surface area (Å²) in [6.07, 6.45) is 4.71. The second kappa shape index (κ2) is 14.3. The number of fused-ring (bicyclic) bond motifs is 4. The maximum absolute atomic E-state index is 13.4. The highest BCUT2D eigenvalue weighted by Gasteiger charge is 2.23. The van der Waals surface area contributed by atoms with Gasteiger partial charge in [-0.3, -0.25) is 14.5 Å². The topological polar surface area (TPSA) is 97.7 Å². The highest BCUT2D eigenvalue weighted by Crippen LogP contribution is 2.32. The average molecular weight is 568 g/mol. The SMILES string of the molecule is COc1ccc2cc1OCCCN(Cc1ccccc1)CC(=O)N[C@@H](Cc1ccccc1)C(=O)NCCn1ccnc1-2. The monoisotopic (exact) mass is 567 g/mol. The van der Waals surface area contributed by atoms with Crippen molar-refractivity contribution in [2.75, 3.05) is 33.4 Å². The molecule has 2 heterocycles. The molecule has 1 aliphatic heterocycles. The number of aromatic nitrogens is 2. The van der Waals surface area contributed by atoms with Gasteiger partial charge in [-0.05, 0) is 35.7 Å². The lowest BCUT2D eigenvalue weighted by Crippen LogP contribution is -2.51. The molecule has 0 unspecified atom stereocenters. The summed E-state index contributed by atoms with van der Waals surface area (Å²) in [6, 6.07) is 24.9. The van der Waals surface area contributed by atoms with Crippen LogP contribution in [0.3, 0.4) is 0 Å². The van der Waals surface area contributed by atoms with Gasteiger partial charge in [0.25, 0.3) is 0 Å². The first-order valence-corrected chi connectivity index (χ1v) is 14.3. The van der Waals surface area contributed by atoms with Crippen LogP contribution < -0.4 is 20.1 Å². The lowest BCUT2D eigenvalue weighted by atomic mass is 10.1. The first kappa shape index (κ1) is 28.9. The molecule has 9 heteroatoms. The minimum atomic E-state index is -0.702. The number of rotatable bonds is 5. The number of nitrogens with one attached hydrogen (secondary N) is 2. The van der Waals surface area contributed by atoms with E-state index in [9.17, 15) is 9.59 Å². The minimum Gasteiger partial charge on any atom is -0.493 e. The Morgan fingerprint density at radius 1 is 0.976 bits per heavy atom. The van der Waals surface area contributed by atoms with Crippen LogP contribution in [0.4, 0.5) is 0 Å².